The van der Waals surface area contributed by atoms with Crippen molar-refractivity contribution >= 4 is 11.6 Å². The van der Waals surface area contributed by atoms with Gasteiger partial charge >= 0.3 is 0 Å². The summed E-state index contributed by atoms with van der Waals surface area (Å²) < 4.78 is 25.1. The first-order valence-corrected chi connectivity index (χ1v) is 10.7. The third kappa shape index (κ3) is 5.21. The second kappa shape index (κ2) is 9.71. The highest BCUT2D eigenvalue weighted by molar-refractivity contribution is 6.09. The van der Waals surface area contributed by atoms with Crippen LogP contribution in [0.1, 0.15) is 43.0 Å². The smallest absolute Gasteiger partial charge is 0.193 e. The van der Waals surface area contributed by atoms with Gasteiger partial charge in [-0.25, -0.2) is 4.39 Å². The molecule has 0 aliphatic carbocycles. The highest BCUT2D eigenvalue weighted by Gasteiger charge is 2.14. The molecule has 34 heavy (non-hydrogen) atoms. The van der Waals surface area contributed by atoms with E-state index in [-0.39, 0.29) is 22.9 Å². The van der Waals surface area contributed by atoms with Crippen LogP contribution < -0.4 is 9.47 Å². The Kier molecular flexibility index (Phi) is 6.55. The summed E-state index contributed by atoms with van der Waals surface area (Å²) in [5.74, 6) is 0.226. The molecule has 0 N–H and O–H groups in total. The number of rotatable bonds is 7. The third-order valence-electron chi connectivity index (χ3n) is 5.32. The van der Waals surface area contributed by atoms with E-state index in [0.29, 0.717) is 28.2 Å². The topological polar surface area (TPSA) is 52.6 Å². The lowest BCUT2D eigenvalue weighted by molar-refractivity contribution is 0.103. The van der Waals surface area contributed by atoms with Gasteiger partial charge in [-0.1, -0.05) is 17.2 Å². The summed E-state index contributed by atoms with van der Waals surface area (Å²) in [6.07, 6.45) is 0. The van der Waals surface area contributed by atoms with Crippen molar-refractivity contribution in [3.8, 4) is 17.2 Å². The predicted molar refractivity (Wildman–Crippen MR) is 129 cm³/mol. The number of aryl methyl sites for hydroxylation is 2. The lowest BCUT2D eigenvalue weighted by Crippen LogP contribution is -2.03. The SMILES string of the molecule is COc1ccc(C(=O)c2cc(F)cc(Oc3ccc(C(=O)c4cc(C)cc(C)c4)cc3)c2)cc1. The van der Waals surface area contributed by atoms with Gasteiger partial charge in [-0.05, 0) is 86.6 Å². The molecule has 0 heterocycles. The van der Waals surface area contributed by atoms with Crippen molar-refractivity contribution in [3.05, 3.63) is 124 Å². The minimum Gasteiger partial charge on any atom is -0.497 e. The summed E-state index contributed by atoms with van der Waals surface area (Å²) >= 11 is 0. The molecule has 0 aliphatic rings. The van der Waals surface area contributed by atoms with Crippen LogP contribution in [-0.2, 0) is 0 Å². The first-order chi connectivity index (χ1) is 16.3. The molecule has 170 valence electrons. The van der Waals surface area contributed by atoms with E-state index in [9.17, 15) is 14.0 Å². The summed E-state index contributed by atoms with van der Waals surface area (Å²) in [6.45, 7) is 3.90. The number of methoxy groups -OCH3 is 1. The van der Waals surface area contributed by atoms with Crippen LogP contribution >= 0.6 is 0 Å². The fourth-order valence-corrected chi connectivity index (χ4v) is 3.74. The van der Waals surface area contributed by atoms with Crippen molar-refractivity contribution in [2.75, 3.05) is 7.11 Å². The first kappa shape index (κ1) is 22.9. The molecule has 0 aromatic heterocycles. The van der Waals surface area contributed by atoms with E-state index in [1.54, 1.807) is 55.6 Å². The van der Waals surface area contributed by atoms with Gasteiger partial charge in [-0.3, -0.25) is 9.59 Å². The van der Waals surface area contributed by atoms with E-state index in [0.717, 1.165) is 11.1 Å². The van der Waals surface area contributed by atoms with E-state index in [4.69, 9.17) is 9.47 Å². The summed E-state index contributed by atoms with van der Waals surface area (Å²) in [5, 5.41) is 0. The molecule has 0 atom stereocenters. The number of hydrogen-bond donors (Lipinski definition) is 0. The van der Waals surface area contributed by atoms with Crippen molar-refractivity contribution in [1.82, 2.24) is 0 Å². The highest BCUT2D eigenvalue weighted by Crippen LogP contribution is 2.26. The molecule has 0 aliphatic heterocycles. The Morgan fingerprint density at radius 2 is 1.09 bits per heavy atom. The van der Waals surface area contributed by atoms with Gasteiger partial charge in [0, 0.05) is 28.3 Å². The number of benzene rings is 4. The molecular weight excluding hydrogens is 431 g/mol. The monoisotopic (exact) mass is 454 g/mol. The summed E-state index contributed by atoms with van der Waals surface area (Å²) in [6, 6.07) is 22.8. The molecular formula is C29H23FO4. The Bertz CT molecular complexity index is 1340. The number of ether oxygens (including phenoxy) is 2. The summed E-state index contributed by atoms with van der Waals surface area (Å²) in [7, 11) is 1.54. The Morgan fingerprint density at radius 3 is 1.62 bits per heavy atom. The zero-order valence-corrected chi connectivity index (χ0v) is 19.1. The van der Waals surface area contributed by atoms with Crippen LogP contribution in [0, 0.1) is 19.7 Å². The van der Waals surface area contributed by atoms with Crippen LogP contribution in [0.4, 0.5) is 4.39 Å². The molecule has 0 radical (unpaired) electrons. The summed E-state index contributed by atoms with van der Waals surface area (Å²) in [4.78, 5) is 25.6. The lowest BCUT2D eigenvalue weighted by Gasteiger charge is -2.10. The Morgan fingerprint density at radius 1 is 0.588 bits per heavy atom. The zero-order chi connectivity index (χ0) is 24.2. The quantitative estimate of drug-likeness (QED) is 0.291. The molecule has 0 bridgehead atoms. The largest absolute Gasteiger partial charge is 0.497 e. The number of carbonyl (C=O) groups is 2. The van der Waals surface area contributed by atoms with Crippen molar-refractivity contribution in [3.63, 3.8) is 0 Å². The molecule has 0 spiro atoms. The van der Waals surface area contributed by atoms with Gasteiger partial charge in [-0.2, -0.15) is 0 Å². The van der Waals surface area contributed by atoms with Gasteiger partial charge in [0.2, 0.25) is 0 Å². The van der Waals surface area contributed by atoms with E-state index in [1.165, 1.54) is 18.2 Å². The normalized spacial score (nSPS) is 10.6. The maximum absolute atomic E-state index is 14.3. The van der Waals surface area contributed by atoms with Gasteiger partial charge in [-0.15, -0.1) is 0 Å². The Hall–Kier alpha value is -4.25. The number of hydrogen-bond acceptors (Lipinski definition) is 4. The third-order valence-corrected chi connectivity index (χ3v) is 5.32. The molecule has 0 amide bonds. The minimum atomic E-state index is -0.587. The van der Waals surface area contributed by atoms with Crippen molar-refractivity contribution in [1.29, 1.82) is 0 Å². The molecule has 0 unspecified atom stereocenters. The van der Waals surface area contributed by atoms with E-state index in [2.05, 4.69) is 0 Å². The molecule has 5 heteroatoms. The fraction of sp³-hybridized carbons (Fsp3) is 0.103. The molecule has 4 rings (SSSR count). The molecule has 0 fully saturated rings. The number of halogens is 1. The van der Waals surface area contributed by atoms with E-state index < -0.39 is 5.82 Å². The van der Waals surface area contributed by atoms with Crippen molar-refractivity contribution in [2.45, 2.75) is 13.8 Å². The average Bonchev–Trinajstić information content (AvgIpc) is 2.82. The second-order valence-electron chi connectivity index (χ2n) is 8.07. The fourth-order valence-electron chi connectivity index (χ4n) is 3.74. The van der Waals surface area contributed by atoms with Gasteiger partial charge in [0.15, 0.2) is 11.6 Å². The van der Waals surface area contributed by atoms with Gasteiger partial charge in [0.25, 0.3) is 0 Å². The number of carbonyl (C=O) groups excluding carboxylic acids is 2. The van der Waals surface area contributed by atoms with Crippen LogP contribution in [-0.4, -0.2) is 18.7 Å². The molecule has 4 nitrogen and oxygen atoms in total. The van der Waals surface area contributed by atoms with Crippen molar-refractivity contribution in [2.24, 2.45) is 0 Å². The molecule has 4 aromatic rings. The molecule has 4 aromatic carbocycles. The number of ketones is 2. The van der Waals surface area contributed by atoms with Crippen LogP contribution in [0.3, 0.4) is 0 Å². The maximum atomic E-state index is 14.3. The highest BCUT2D eigenvalue weighted by atomic mass is 19.1. The minimum absolute atomic E-state index is 0.0866. The van der Waals surface area contributed by atoms with E-state index >= 15 is 0 Å². The Balaban J connectivity index is 1.53. The lowest BCUT2D eigenvalue weighted by atomic mass is 9.99. The second-order valence-corrected chi connectivity index (χ2v) is 8.07. The van der Waals surface area contributed by atoms with Crippen molar-refractivity contribution < 1.29 is 23.5 Å². The molecule has 0 saturated carbocycles. The van der Waals surface area contributed by atoms with Gasteiger partial charge in [0.05, 0.1) is 7.11 Å². The predicted octanol–water partition coefficient (Wildman–Crippen LogP) is 6.71. The van der Waals surface area contributed by atoms with Crippen LogP contribution in [0.15, 0.2) is 84.9 Å². The maximum Gasteiger partial charge on any atom is 0.193 e. The standard InChI is InChI=1S/C29H23FO4/c1-18-12-19(2)14-22(13-18)28(31)21-6-10-26(11-7-21)34-27-16-23(15-24(30)17-27)29(32)20-4-8-25(33-3)9-5-20/h4-17H,1-3H3. The van der Waals surface area contributed by atoms with Crippen LogP contribution in [0.25, 0.3) is 0 Å². The first-order valence-electron chi connectivity index (χ1n) is 10.7. The van der Waals surface area contributed by atoms with Gasteiger partial charge in [0.1, 0.15) is 23.1 Å². The van der Waals surface area contributed by atoms with E-state index in [1.807, 2.05) is 32.0 Å². The zero-order valence-electron chi connectivity index (χ0n) is 19.1. The van der Waals surface area contributed by atoms with Crippen LogP contribution in [0.2, 0.25) is 0 Å². The average molecular weight is 454 g/mol. The van der Waals surface area contributed by atoms with Gasteiger partial charge < -0.3 is 9.47 Å². The van der Waals surface area contributed by atoms with Crippen LogP contribution in [0.5, 0.6) is 17.2 Å². The summed E-state index contributed by atoms with van der Waals surface area (Å²) in [5.41, 5.74) is 3.77. The Labute approximate surface area is 197 Å². The molecule has 0 saturated heterocycles.